The van der Waals surface area contributed by atoms with Crippen molar-refractivity contribution >= 4 is 0 Å². The summed E-state index contributed by atoms with van der Waals surface area (Å²) in [5.41, 5.74) is 0. The van der Waals surface area contributed by atoms with Crippen molar-refractivity contribution in [3.8, 4) is 0 Å². The molecule has 1 saturated heterocycles. The van der Waals surface area contributed by atoms with E-state index in [0.29, 0.717) is 0 Å². The first kappa shape index (κ1) is 12.0. The molecule has 0 radical (unpaired) electrons. The highest BCUT2D eigenvalue weighted by Crippen LogP contribution is 2.11. The third kappa shape index (κ3) is 4.43. The summed E-state index contributed by atoms with van der Waals surface area (Å²) in [7, 11) is 0. The second-order valence-electron chi connectivity index (χ2n) is 4.32. The predicted molar refractivity (Wildman–Crippen MR) is 62.7 cm³/mol. The van der Waals surface area contributed by atoms with Gasteiger partial charge in [0, 0.05) is 6.04 Å². The van der Waals surface area contributed by atoms with Crippen LogP contribution in [0.5, 0.6) is 0 Å². The molecular formula is C12H26N2. The zero-order valence-corrected chi connectivity index (χ0v) is 9.89. The lowest BCUT2D eigenvalue weighted by Crippen LogP contribution is -2.33. The Bertz CT molecular complexity index is 124. The molecule has 1 heterocycles. The number of hydrogen-bond acceptors (Lipinski definition) is 2. The summed E-state index contributed by atoms with van der Waals surface area (Å²) >= 11 is 0. The van der Waals surface area contributed by atoms with Crippen LogP contribution < -0.4 is 5.32 Å². The monoisotopic (exact) mass is 198 g/mol. The lowest BCUT2D eigenvalue weighted by Gasteiger charge is -2.22. The van der Waals surface area contributed by atoms with Gasteiger partial charge in [0.15, 0.2) is 0 Å². The van der Waals surface area contributed by atoms with Crippen molar-refractivity contribution < 1.29 is 0 Å². The highest BCUT2D eigenvalue weighted by atomic mass is 15.1. The molecule has 1 N–H and O–H groups in total. The molecule has 84 valence electrons. The fourth-order valence-corrected chi connectivity index (χ4v) is 2.23. The lowest BCUT2D eigenvalue weighted by molar-refractivity contribution is 0.279. The van der Waals surface area contributed by atoms with Crippen LogP contribution in [0.1, 0.15) is 46.0 Å². The van der Waals surface area contributed by atoms with E-state index in [1.165, 1.54) is 58.3 Å². The van der Waals surface area contributed by atoms with Gasteiger partial charge in [0.25, 0.3) is 0 Å². The van der Waals surface area contributed by atoms with E-state index in [0.717, 1.165) is 6.04 Å². The van der Waals surface area contributed by atoms with Gasteiger partial charge >= 0.3 is 0 Å². The van der Waals surface area contributed by atoms with Crippen LogP contribution in [-0.2, 0) is 0 Å². The molecule has 1 rings (SSSR count). The van der Waals surface area contributed by atoms with Gasteiger partial charge in [-0.25, -0.2) is 0 Å². The maximum atomic E-state index is 3.66. The van der Waals surface area contributed by atoms with Crippen LogP contribution >= 0.6 is 0 Å². The highest BCUT2D eigenvalue weighted by molar-refractivity contribution is 4.72. The number of rotatable bonds is 5. The van der Waals surface area contributed by atoms with Crippen molar-refractivity contribution in [2.24, 2.45) is 0 Å². The van der Waals surface area contributed by atoms with Crippen LogP contribution in [0.3, 0.4) is 0 Å². The molecule has 0 aromatic rings. The van der Waals surface area contributed by atoms with Crippen molar-refractivity contribution in [3.63, 3.8) is 0 Å². The summed E-state index contributed by atoms with van der Waals surface area (Å²) < 4.78 is 0. The van der Waals surface area contributed by atoms with Crippen LogP contribution in [0.25, 0.3) is 0 Å². The zero-order chi connectivity index (χ0) is 10.2. The average Bonchev–Trinajstić information content (AvgIpc) is 2.48. The minimum Gasteiger partial charge on any atom is -0.314 e. The molecule has 0 amide bonds. The van der Waals surface area contributed by atoms with Crippen molar-refractivity contribution in [2.45, 2.75) is 52.0 Å². The Labute approximate surface area is 89.1 Å². The third-order valence-electron chi connectivity index (χ3n) is 3.35. The van der Waals surface area contributed by atoms with Crippen LogP contribution in [0.2, 0.25) is 0 Å². The summed E-state index contributed by atoms with van der Waals surface area (Å²) in [5, 5.41) is 3.66. The number of hydrogen-bond donors (Lipinski definition) is 1. The first-order chi connectivity index (χ1) is 6.86. The molecule has 0 spiro atoms. The molecule has 1 aliphatic rings. The summed E-state index contributed by atoms with van der Waals surface area (Å²) in [6, 6.07) is 0.790. The van der Waals surface area contributed by atoms with E-state index in [9.17, 15) is 0 Å². The van der Waals surface area contributed by atoms with Gasteiger partial charge in [-0.2, -0.15) is 0 Å². The minimum atomic E-state index is 0.790. The molecular weight excluding hydrogens is 172 g/mol. The fraction of sp³-hybridized carbons (Fsp3) is 1.00. The second kappa shape index (κ2) is 7.24. The average molecular weight is 198 g/mol. The molecule has 0 bridgehead atoms. The van der Waals surface area contributed by atoms with Gasteiger partial charge in [-0.1, -0.05) is 26.7 Å². The molecule has 1 unspecified atom stereocenters. The Morgan fingerprint density at radius 2 is 1.93 bits per heavy atom. The molecule has 0 aliphatic carbocycles. The molecule has 0 aromatic carbocycles. The van der Waals surface area contributed by atoms with Gasteiger partial charge in [0.1, 0.15) is 0 Å². The van der Waals surface area contributed by atoms with Gasteiger partial charge in [0.2, 0.25) is 0 Å². The molecule has 14 heavy (non-hydrogen) atoms. The van der Waals surface area contributed by atoms with Crippen molar-refractivity contribution in [1.82, 2.24) is 10.2 Å². The standard InChI is InChI=1S/C12H26N2/c1-3-14(4-2)11-9-12-8-6-5-7-10-13-12/h12-13H,3-11H2,1-2H3. The molecule has 1 fully saturated rings. The molecule has 0 saturated carbocycles. The largest absolute Gasteiger partial charge is 0.314 e. The van der Waals surface area contributed by atoms with Gasteiger partial charge < -0.3 is 10.2 Å². The lowest BCUT2D eigenvalue weighted by atomic mass is 10.1. The number of nitrogens with one attached hydrogen (secondary N) is 1. The Morgan fingerprint density at radius 3 is 2.64 bits per heavy atom. The molecule has 1 aliphatic heterocycles. The topological polar surface area (TPSA) is 15.3 Å². The van der Waals surface area contributed by atoms with Crippen molar-refractivity contribution in [3.05, 3.63) is 0 Å². The molecule has 0 aromatic heterocycles. The van der Waals surface area contributed by atoms with Gasteiger partial charge in [0.05, 0.1) is 0 Å². The summed E-state index contributed by atoms with van der Waals surface area (Å²) in [5.74, 6) is 0. The normalized spacial score (nSPS) is 23.8. The summed E-state index contributed by atoms with van der Waals surface area (Å²) in [6.45, 7) is 9.41. The van der Waals surface area contributed by atoms with E-state index in [1.54, 1.807) is 0 Å². The Kier molecular flexibility index (Phi) is 6.20. The van der Waals surface area contributed by atoms with E-state index in [1.807, 2.05) is 0 Å². The first-order valence-electron chi connectivity index (χ1n) is 6.32. The fourth-order valence-electron chi connectivity index (χ4n) is 2.23. The Morgan fingerprint density at radius 1 is 1.14 bits per heavy atom. The van der Waals surface area contributed by atoms with Crippen molar-refractivity contribution in [1.29, 1.82) is 0 Å². The highest BCUT2D eigenvalue weighted by Gasteiger charge is 2.11. The van der Waals surface area contributed by atoms with E-state index < -0.39 is 0 Å². The van der Waals surface area contributed by atoms with E-state index in [-0.39, 0.29) is 0 Å². The predicted octanol–water partition coefficient (Wildman–Crippen LogP) is 2.25. The van der Waals surface area contributed by atoms with E-state index in [4.69, 9.17) is 0 Å². The van der Waals surface area contributed by atoms with Crippen LogP contribution in [0, 0.1) is 0 Å². The zero-order valence-electron chi connectivity index (χ0n) is 9.89. The van der Waals surface area contributed by atoms with Gasteiger partial charge in [-0.3, -0.25) is 0 Å². The summed E-state index contributed by atoms with van der Waals surface area (Å²) in [4.78, 5) is 2.52. The van der Waals surface area contributed by atoms with Crippen molar-refractivity contribution in [2.75, 3.05) is 26.2 Å². The van der Waals surface area contributed by atoms with E-state index in [2.05, 4.69) is 24.1 Å². The number of nitrogens with zero attached hydrogens (tertiary/aromatic N) is 1. The van der Waals surface area contributed by atoms with Crippen LogP contribution in [0.4, 0.5) is 0 Å². The molecule has 1 atom stereocenters. The maximum absolute atomic E-state index is 3.66. The Hall–Kier alpha value is -0.0800. The first-order valence-corrected chi connectivity index (χ1v) is 6.32. The third-order valence-corrected chi connectivity index (χ3v) is 3.35. The van der Waals surface area contributed by atoms with E-state index >= 15 is 0 Å². The van der Waals surface area contributed by atoms with Crippen LogP contribution in [0.15, 0.2) is 0 Å². The quantitative estimate of drug-likeness (QED) is 0.729. The molecule has 2 heteroatoms. The van der Waals surface area contributed by atoms with Gasteiger partial charge in [-0.05, 0) is 45.4 Å². The summed E-state index contributed by atoms with van der Waals surface area (Å²) in [6.07, 6.45) is 6.95. The van der Waals surface area contributed by atoms with Gasteiger partial charge in [-0.15, -0.1) is 0 Å². The SMILES string of the molecule is CCN(CC)CCC1CCCCCN1. The second-order valence-corrected chi connectivity index (χ2v) is 4.32. The molecule has 2 nitrogen and oxygen atoms in total. The van der Waals surface area contributed by atoms with Crippen LogP contribution in [-0.4, -0.2) is 37.1 Å². The Balaban J connectivity index is 2.14. The minimum absolute atomic E-state index is 0.790. The smallest absolute Gasteiger partial charge is 0.00792 e. The maximum Gasteiger partial charge on any atom is 0.00792 e.